The molecule has 0 aromatic heterocycles. The molecular weight excluding hydrogens is 338 g/mol. The van der Waals surface area contributed by atoms with Gasteiger partial charge >= 0.3 is 0 Å². The molecule has 0 aliphatic heterocycles. The number of carbonyl (C=O) groups is 1. The van der Waals surface area contributed by atoms with Crippen molar-refractivity contribution in [1.82, 2.24) is 0 Å². The molecule has 1 unspecified atom stereocenters. The number of hydrogen-bond donors (Lipinski definition) is 0. The first-order valence-electron chi connectivity index (χ1n) is 8.72. The van der Waals surface area contributed by atoms with Crippen LogP contribution in [0.15, 0.2) is 77.8 Å². The lowest BCUT2D eigenvalue weighted by Crippen LogP contribution is -2.13. The highest BCUT2D eigenvalue weighted by Crippen LogP contribution is 2.39. The van der Waals surface area contributed by atoms with Crippen LogP contribution in [0.5, 0.6) is 11.5 Å². The molecule has 134 valence electrons. The van der Waals surface area contributed by atoms with Crippen molar-refractivity contribution in [3.63, 3.8) is 0 Å². The Labute approximate surface area is 158 Å². The summed E-state index contributed by atoms with van der Waals surface area (Å²) in [6.07, 6.45) is 0. The molecule has 0 bridgehead atoms. The first-order chi connectivity index (χ1) is 13.2. The van der Waals surface area contributed by atoms with Crippen LogP contribution in [0.25, 0.3) is 0 Å². The summed E-state index contributed by atoms with van der Waals surface area (Å²) in [5.41, 5.74) is 3.86. The van der Waals surface area contributed by atoms with Gasteiger partial charge < -0.3 is 9.47 Å². The summed E-state index contributed by atoms with van der Waals surface area (Å²) in [5.74, 6) is 0.952. The quantitative estimate of drug-likeness (QED) is 0.673. The van der Waals surface area contributed by atoms with E-state index in [-0.39, 0.29) is 5.78 Å². The molecule has 0 saturated heterocycles. The number of nitrogens with zero attached hydrogens (tertiary/aromatic N) is 1. The van der Waals surface area contributed by atoms with Gasteiger partial charge in [-0.15, -0.1) is 0 Å². The minimum atomic E-state index is -0.431. The molecule has 1 aliphatic rings. The third-order valence-corrected chi connectivity index (χ3v) is 4.76. The van der Waals surface area contributed by atoms with Crippen LogP contribution in [0, 0.1) is 0 Å². The van der Waals surface area contributed by atoms with Crippen LogP contribution in [-0.4, -0.2) is 25.7 Å². The molecule has 0 saturated carbocycles. The van der Waals surface area contributed by atoms with E-state index in [0.29, 0.717) is 22.7 Å². The molecule has 3 aromatic rings. The maximum Gasteiger partial charge on any atom is 0.176 e. The van der Waals surface area contributed by atoms with Crippen molar-refractivity contribution in [2.45, 2.75) is 5.92 Å². The van der Waals surface area contributed by atoms with E-state index in [1.165, 1.54) is 0 Å². The fraction of sp³-hybridized carbons (Fsp3) is 0.130. The molecule has 1 aliphatic carbocycles. The summed E-state index contributed by atoms with van der Waals surface area (Å²) in [4.78, 5) is 18.0. The van der Waals surface area contributed by atoms with Crippen LogP contribution in [-0.2, 0) is 0 Å². The number of rotatable bonds is 4. The maximum absolute atomic E-state index is 13.1. The number of hydrogen-bond acceptors (Lipinski definition) is 4. The van der Waals surface area contributed by atoms with Crippen molar-refractivity contribution in [3.8, 4) is 11.5 Å². The number of aliphatic imine (C=N–C) groups is 1. The van der Waals surface area contributed by atoms with E-state index in [1.54, 1.807) is 14.2 Å². The van der Waals surface area contributed by atoms with Crippen molar-refractivity contribution in [2.24, 2.45) is 4.99 Å². The molecular formula is C23H19NO3. The van der Waals surface area contributed by atoms with Gasteiger partial charge in [0.2, 0.25) is 0 Å². The van der Waals surface area contributed by atoms with Gasteiger partial charge in [-0.1, -0.05) is 54.6 Å². The molecule has 27 heavy (non-hydrogen) atoms. The Balaban J connectivity index is 1.93. The van der Waals surface area contributed by atoms with Crippen LogP contribution < -0.4 is 9.47 Å². The van der Waals surface area contributed by atoms with Crippen LogP contribution in [0.2, 0.25) is 0 Å². The van der Waals surface area contributed by atoms with Crippen molar-refractivity contribution in [1.29, 1.82) is 0 Å². The first-order valence-corrected chi connectivity index (χ1v) is 8.72. The summed E-state index contributed by atoms with van der Waals surface area (Å²) in [6.45, 7) is 0. The standard InChI is InChI=1S/C23H19NO3/c1-26-16-12-13-20(27-2)19(14-16)24-22-17-10-6-7-11-18(17)23(25)21(22)15-8-4-3-5-9-15/h3-14,21H,1-2H3. The summed E-state index contributed by atoms with van der Waals surface area (Å²) in [6, 6.07) is 22.8. The van der Waals surface area contributed by atoms with Crippen molar-refractivity contribution >= 4 is 17.2 Å². The lowest BCUT2D eigenvalue weighted by atomic mass is 9.93. The molecule has 0 N–H and O–H groups in total. The maximum atomic E-state index is 13.1. The summed E-state index contributed by atoms with van der Waals surface area (Å²) in [7, 11) is 3.22. The Kier molecular flexibility index (Phi) is 4.47. The number of Topliss-reactive ketones (excluding diaryl/α,β-unsaturated/α-hetero) is 1. The average molecular weight is 357 g/mol. The second kappa shape index (κ2) is 7.08. The first kappa shape index (κ1) is 17.0. The monoisotopic (exact) mass is 357 g/mol. The summed E-state index contributed by atoms with van der Waals surface area (Å²) < 4.78 is 10.8. The minimum Gasteiger partial charge on any atom is -0.497 e. The van der Waals surface area contributed by atoms with Crippen molar-refractivity contribution in [3.05, 3.63) is 89.5 Å². The third kappa shape index (κ3) is 2.99. The number of methoxy groups -OCH3 is 2. The zero-order chi connectivity index (χ0) is 18.8. The van der Waals surface area contributed by atoms with Crippen LogP contribution in [0.3, 0.4) is 0 Å². The van der Waals surface area contributed by atoms with E-state index in [2.05, 4.69) is 0 Å². The predicted octanol–water partition coefficient (Wildman–Crippen LogP) is 4.80. The van der Waals surface area contributed by atoms with E-state index < -0.39 is 5.92 Å². The molecule has 0 amide bonds. The zero-order valence-corrected chi connectivity index (χ0v) is 15.2. The van der Waals surface area contributed by atoms with Gasteiger partial charge in [0.25, 0.3) is 0 Å². The third-order valence-electron chi connectivity index (χ3n) is 4.76. The molecule has 0 fully saturated rings. The molecule has 0 spiro atoms. The fourth-order valence-corrected chi connectivity index (χ4v) is 3.45. The van der Waals surface area contributed by atoms with Gasteiger partial charge in [0, 0.05) is 17.2 Å². The van der Waals surface area contributed by atoms with Gasteiger partial charge in [0.15, 0.2) is 5.78 Å². The minimum absolute atomic E-state index is 0.0670. The normalized spacial score (nSPS) is 17.0. The van der Waals surface area contributed by atoms with Gasteiger partial charge in [-0.25, -0.2) is 4.99 Å². The number of ether oxygens (including phenoxy) is 2. The van der Waals surface area contributed by atoms with E-state index in [1.807, 2.05) is 72.8 Å². The SMILES string of the molecule is COc1ccc(OC)c(N=C2c3ccccc3C(=O)C2c2ccccc2)c1. The van der Waals surface area contributed by atoms with Gasteiger partial charge in [-0.3, -0.25) is 4.79 Å². The molecule has 0 radical (unpaired) electrons. The Morgan fingerprint density at radius 2 is 1.52 bits per heavy atom. The average Bonchev–Trinajstić information content (AvgIpc) is 3.00. The van der Waals surface area contributed by atoms with Gasteiger partial charge in [0.05, 0.1) is 25.8 Å². The lowest BCUT2D eigenvalue weighted by Gasteiger charge is -2.13. The van der Waals surface area contributed by atoms with Gasteiger partial charge in [-0.05, 0) is 17.7 Å². The Morgan fingerprint density at radius 1 is 0.815 bits per heavy atom. The zero-order valence-electron chi connectivity index (χ0n) is 15.2. The second-order valence-corrected chi connectivity index (χ2v) is 6.29. The molecule has 1 atom stereocenters. The number of benzene rings is 3. The molecule has 3 aromatic carbocycles. The number of fused-ring (bicyclic) bond motifs is 1. The Bertz CT molecular complexity index is 1020. The molecule has 0 heterocycles. The van der Waals surface area contributed by atoms with Gasteiger partial charge in [-0.2, -0.15) is 0 Å². The highest BCUT2D eigenvalue weighted by atomic mass is 16.5. The van der Waals surface area contributed by atoms with Crippen LogP contribution >= 0.6 is 0 Å². The van der Waals surface area contributed by atoms with Gasteiger partial charge in [0.1, 0.15) is 17.2 Å². The predicted molar refractivity (Wildman–Crippen MR) is 106 cm³/mol. The smallest absolute Gasteiger partial charge is 0.176 e. The number of ketones is 1. The molecule has 4 rings (SSSR count). The fourth-order valence-electron chi connectivity index (χ4n) is 3.45. The van der Waals surface area contributed by atoms with E-state index in [9.17, 15) is 4.79 Å². The highest BCUT2D eigenvalue weighted by Gasteiger charge is 2.37. The van der Waals surface area contributed by atoms with E-state index >= 15 is 0 Å². The molecule has 4 nitrogen and oxygen atoms in total. The van der Waals surface area contributed by atoms with E-state index in [0.717, 1.165) is 16.8 Å². The number of carbonyl (C=O) groups excluding carboxylic acids is 1. The Hall–Kier alpha value is -3.40. The van der Waals surface area contributed by atoms with Crippen LogP contribution in [0.4, 0.5) is 5.69 Å². The lowest BCUT2D eigenvalue weighted by molar-refractivity contribution is 0.0988. The van der Waals surface area contributed by atoms with E-state index in [4.69, 9.17) is 14.5 Å². The summed E-state index contributed by atoms with van der Waals surface area (Å²) in [5, 5.41) is 0. The highest BCUT2D eigenvalue weighted by molar-refractivity contribution is 6.32. The Morgan fingerprint density at radius 3 is 2.22 bits per heavy atom. The second-order valence-electron chi connectivity index (χ2n) is 6.29. The van der Waals surface area contributed by atoms with Crippen molar-refractivity contribution in [2.75, 3.05) is 14.2 Å². The summed E-state index contributed by atoms with van der Waals surface area (Å²) >= 11 is 0. The topological polar surface area (TPSA) is 47.9 Å². The molecule has 4 heteroatoms. The van der Waals surface area contributed by atoms with Crippen LogP contribution in [0.1, 0.15) is 27.4 Å². The largest absolute Gasteiger partial charge is 0.497 e. The van der Waals surface area contributed by atoms with Crippen molar-refractivity contribution < 1.29 is 14.3 Å².